The highest BCUT2D eigenvalue weighted by Gasteiger charge is 2.28. The summed E-state index contributed by atoms with van der Waals surface area (Å²) in [6.45, 7) is 9.43. The fourth-order valence-corrected chi connectivity index (χ4v) is 2.48. The van der Waals surface area contributed by atoms with Crippen LogP contribution in [0.4, 0.5) is 0 Å². The van der Waals surface area contributed by atoms with E-state index in [1.807, 2.05) is 0 Å². The van der Waals surface area contributed by atoms with E-state index < -0.39 is 0 Å². The molecule has 3 unspecified atom stereocenters. The molecular weight excluding hydrogens is 202 g/mol. The standard InChI is InChI=1S/C13H27NO2/c1-10(2)13-12(6-5-7-16-13)8-14-11(3)9-15-4/h10-14H,5-9H2,1-4H3. The molecule has 16 heavy (non-hydrogen) atoms. The van der Waals surface area contributed by atoms with Crippen LogP contribution < -0.4 is 5.32 Å². The number of hydrogen-bond donors (Lipinski definition) is 1. The molecule has 1 saturated heterocycles. The first kappa shape index (κ1) is 13.9. The van der Waals surface area contributed by atoms with Gasteiger partial charge in [0.15, 0.2) is 0 Å². The zero-order chi connectivity index (χ0) is 12.0. The third kappa shape index (κ3) is 4.40. The van der Waals surface area contributed by atoms with E-state index in [0.29, 0.717) is 24.0 Å². The maximum Gasteiger partial charge on any atom is 0.0638 e. The van der Waals surface area contributed by atoms with Crippen molar-refractivity contribution in [3.63, 3.8) is 0 Å². The van der Waals surface area contributed by atoms with Crippen molar-refractivity contribution in [3.05, 3.63) is 0 Å². The van der Waals surface area contributed by atoms with Crippen LogP contribution >= 0.6 is 0 Å². The Balaban J connectivity index is 2.32. The second kappa shape index (κ2) is 7.25. The largest absolute Gasteiger partial charge is 0.383 e. The molecule has 1 aliphatic heterocycles. The summed E-state index contributed by atoms with van der Waals surface area (Å²) < 4.78 is 11.0. The van der Waals surface area contributed by atoms with Gasteiger partial charge < -0.3 is 14.8 Å². The maximum absolute atomic E-state index is 5.87. The molecule has 1 fully saturated rings. The van der Waals surface area contributed by atoms with E-state index in [1.54, 1.807) is 7.11 Å². The van der Waals surface area contributed by atoms with Crippen molar-refractivity contribution in [1.82, 2.24) is 5.32 Å². The fraction of sp³-hybridized carbons (Fsp3) is 1.00. The molecule has 1 aliphatic rings. The van der Waals surface area contributed by atoms with Gasteiger partial charge in [-0.3, -0.25) is 0 Å². The number of nitrogens with one attached hydrogen (secondary N) is 1. The Morgan fingerprint density at radius 2 is 2.12 bits per heavy atom. The molecule has 1 rings (SSSR count). The van der Waals surface area contributed by atoms with Crippen molar-refractivity contribution in [1.29, 1.82) is 0 Å². The summed E-state index contributed by atoms with van der Waals surface area (Å²) in [6, 6.07) is 0.430. The van der Waals surface area contributed by atoms with E-state index in [2.05, 4.69) is 26.1 Å². The molecule has 0 aromatic rings. The van der Waals surface area contributed by atoms with E-state index in [0.717, 1.165) is 19.8 Å². The SMILES string of the molecule is COCC(C)NCC1CCCOC1C(C)C. The number of rotatable bonds is 6. The first-order valence-corrected chi connectivity index (χ1v) is 6.49. The normalized spacial score (nSPS) is 28.3. The quantitative estimate of drug-likeness (QED) is 0.756. The van der Waals surface area contributed by atoms with E-state index in [9.17, 15) is 0 Å². The molecule has 3 nitrogen and oxygen atoms in total. The fourth-order valence-electron chi connectivity index (χ4n) is 2.48. The van der Waals surface area contributed by atoms with Crippen molar-refractivity contribution < 1.29 is 9.47 Å². The van der Waals surface area contributed by atoms with Gasteiger partial charge in [-0.25, -0.2) is 0 Å². The van der Waals surface area contributed by atoms with E-state index in [1.165, 1.54) is 12.8 Å². The number of ether oxygens (including phenoxy) is 2. The van der Waals surface area contributed by atoms with E-state index in [4.69, 9.17) is 9.47 Å². The lowest BCUT2D eigenvalue weighted by atomic mass is 9.87. The molecule has 3 atom stereocenters. The van der Waals surface area contributed by atoms with Crippen LogP contribution in [0.5, 0.6) is 0 Å². The average Bonchev–Trinajstić information content (AvgIpc) is 2.27. The highest BCUT2D eigenvalue weighted by molar-refractivity contribution is 4.79. The zero-order valence-electron chi connectivity index (χ0n) is 11.2. The van der Waals surface area contributed by atoms with Gasteiger partial charge in [0.25, 0.3) is 0 Å². The summed E-state index contributed by atoms with van der Waals surface area (Å²) in [5.41, 5.74) is 0. The summed E-state index contributed by atoms with van der Waals surface area (Å²) >= 11 is 0. The van der Waals surface area contributed by atoms with Gasteiger partial charge in [-0.1, -0.05) is 13.8 Å². The Labute approximate surface area is 99.9 Å². The molecule has 0 bridgehead atoms. The zero-order valence-corrected chi connectivity index (χ0v) is 11.2. The molecule has 0 saturated carbocycles. The van der Waals surface area contributed by atoms with Crippen molar-refractivity contribution in [2.45, 2.75) is 45.8 Å². The van der Waals surface area contributed by atoms with Crippen molar-refractivity contribution >= 4 is 0 Å². The van der Waals surface area contributed by atoms with Crippen LogP contribution in [0.2, 0.25) is 0 Å². The van der Waals surface area contributed by atoms with E-state index in [-0.39, 0.29) is 0 Å². The summed E-state index contributed by atoms with van der Waals surface area (Å²) in [4.78, 5) is 0. The second-order valence-corrected chi connectivity index (χ2v) is 5.25. The lowest BCUT2D eigenvalue weighted by molar-refractivity contribution is -0.0525. The van der Waals surface area contributed by atoms with Crippen LogP contribution in [0.25, 0.3) is 0 Å². The Morgan fingerprint density at radius 3 is 2.75 bits per heavy atom. The minimum Gasteiger partial charge on any atom is -0.383 e. The minimum absolute atomic E-state index is 0.427. The Hall–Kier alpha value is -0.120. The second-order valence-electron chi connectivity index (χ2n) is 5.25. The van der Waals surface area contributed by atoms with Gasteiger partial charge in [0, 0.05) is 26.3 Å². The van der Waals surface area contributed by atoms with Crippen molar-refractivity contribution in [2.75, 3.05) is 26.9 Å². The van der Waals surface area contributed by atoms with Crippen LogP contribution in [-0.2, 0) is 9.47 Å². The van der Waals surface area contributed by atoms with E-state index >= 15 is 0 Å². The molecule has 0 aromatic carbocycles. The Kier molecular flexibility index (Phi) is 6.32. The highest BCUT2D eigenvalue weighted by atomic mass is 16.5. The van der Waals surface area contributed by atoms with Gasteiger partial charge >= 0.3 is 0 Å². The van der Waals surface area contributed by atoms with Crippen LogP contribution in [0, 0.1) is 11.8 Å². The van der Waals surface area contributed by atoms with Crippen LogP contribution in [0.1, 0.15) is 33.6 Å². The van der Waals surface area contributed by atoms with Crippen molar-refractivity contribution in [3.8, 4) is 0 Å². The van der Waals surface area contributed by atoms with Gasteiger partial charge in [0.05, 0.1) is 12.7 Å². The maximum atomic E-state index is 5.87. The molecule has 0 aromatic heterocycles. The molecule has 3 heteroatoms. The lowest BCUT2D eigenvalue weighted by Gasteiger charge is -2.35. The molecule has 1 N–H and O–H groups in total. The highest BCUT2D eigenvalue weighted by Crippen LogP contribution is 2.25. The molecule has 96 valence electrons. The number of methoxy groups -OCH3 is 1. The van der Waals surface area contributed by atoms with Crippen LogP contribution in [0.15, 0.2) is 0 Å². The predicted molar refractivity (Wildman–Crippen MR) is 66.6 cm³/mol. The monoisotopic (exact) mass is 229 g/mol. The van der Waals surface area contributed by atoms with Gasteiger partial charge in [-0.05, 0) is 31.6 Å². The number of hydrogen-bond acceptors (Lipinski definition) is 3. The first-order valence-electron chi connectivity index (χ1n) is 6.49. The average molecular weight is 229 g/mol. The van der Waals surface area contributed by atoms with Gasteiger partial charge in [-0.2, -0.15) is 0 Å². The molecule has 0 radical (unpaired) electrons. The molecule has 1 heterocycles. The van der Waals surface area contributed by atoms with Gasteiger partial charge in [-0.15, -0.1) is 0 Å². The molecule has 0 spiro atoms. The van der Waals surface area contributed by atoms with Gasteiger partial charge in [0.2, 0.25) is 0 Å². The van der Waals surface area contributed by atoms with Crippen molar-refractivity contribution in [2.24, 2.45) is 11.8 Å². The topological polar surface area (TPSA) is 30.5 Å². The molecule has 0 amide bonds. The first-order chi connectivity index (χ1) is 7.65. The smallest absolute Gasteiger partial charge is 0.0638 e. The predicted octanol–water partition coefficient (Wildman–Crippen LogP) is 2.06. The minimum atomic E-state index is 0.427. The molecule has 0 aliphatic carbocycles. The summed E-state index contributed by atoms with van der Waals surface area (Å²) in [5, 5.41) is 3.53. The van der Waals surface area contributed by atoms with Gasteiger partial charge in [0.1, 0.15) is 0 Å². The Bertz CT molecular complexity index is 185. The third-order valence-corrected chi connectivity index (χ3v) is 3.30. The Morgan fingerprint density at radius 1 is 1.38 bits per heavy atom. The summed E-state index contributed by atoms with van der Waals surface area (Å²) in [7, 11) is 1.75. The summed E-state index contributed by atoms with van der Waals surface area (Å²) in [6.07, 6.45) is 2.92. The lowest BCUT2D eigenvalue weighted by Crippen LogP contribution is -2.43. The third-order valence-electron chi connectivity index (χ3n) is 3.30. The summed E-state index contributed by atoms with van der Waals surface area (Å²) in [5.74, 6) is 1.28. The van der Waals surface area contributed by atoms with Crippen LogP contribution in [0.3, 0.4) is 0 Å². The van der Waals surface area contributed by atoms with Crippen LogP contribution in [-0.4, -0.2) is 39.0 Å². The molecular formula is C13H27NO2.